The van der Waals surface area contributed by atoms with Gasteiger partial charge < -0.3 is 9.42 Å². The topological polar surface area (TPSA) is 80.8 Å². The Morgan fingerprint density at radius 2 is 1.83 bits per heavy atom. The van der Waals surface area contributed by atoms with Crippen molar-refractivity contribution in [3.05, 3.63) is 54.6 Å². The summed E-state index contributed by atoms with van der Waals surface area (Å²) in [6.07, 6.45) is 15.6. The molecule has 1 aliphatic carbocycles. The van der Waals surface area contributed by atoms with E-state index in [4.69, 9.17) is 9.51 Å². The van der Waals surface area contributed by atoms with Gasteiger partial charge in [-0.1, -0.05) is 30.5 Å². The second-order valence-corrected chi connectivity index (χ2v) is 8.27. The first-order valence-electron chi connectivity index (χ1n) is 10.6. The molecular weight excluding hydrogens is 364 g/mol. The summed E-state index contributed by atoms with van der Waals surface area (Å²) in [6, 6.07) is 4.17. The predicted octanol–water partition coefficient (Wildman–Crippen LogP) is 3.68. The minimum atomic E-state index is 0.167. The molecule has 0 bridgehead atoms. The fraction of sp³-hybridized carbons (Fsp3) is 0.500. The predicted molar refractivity (Wildman–Crippen MR) is 108 cm³/mol. The molecule has 2 atom stereocenters. The van der Waals surface area contributed by atoms with Gasteiger partial charge in [0.25, 0.3) is 0 Å². The molecule has 150 valence electrons. The number of aromatic nitrogens is 5. The summed E-state index contributed by atoms with van der Waals surface area (Å²) < 4.78 is 5.72. The minimum Gasteiger partial charge on any atom is -0.339 e. The van der Waals surface area contributed by atoms with E-state index >= 15 is 0 Å². The normalized spacial score (nSPS) is 23.4. The van der Waals surface area contributed by atoms with E-state index in [2.05, 4.69) is 31.1 Å². The first kappa shape index (κ1) is 18.4. The third-order valence-electron chi connectivity index (χ3n) is 6.30. The van der Waals surface area contributed by atoms with E-state index in [0.717, 1.165) is 19.0 Å². The van der Waals surface area contributed by atoms with Crippen molar-refractivity contribution in [2.75, 3.05) is 19.6 Å². The molecule has 0 N–H and O–H groups in total. The quantitative estimate of drug-likeness (QED) is 0.657. The standard InChI is InChI=1S/C22H26N6O/c1-2-5-16(6-3-1)13-28-14-18(17-7-4-8-23-11-17)19(15-28)22-26-21(27-29-22)20-12-24-9-10-25-20/h4,7-12,16,18-19H,1-3,5-6,13-15H2/t18-,19+/m0/s1. The van der Waals surface area contributed by atoms with Gasteiger partial charge in [-0.15, -0.1) is 0 Å². The lowest BCUT2D eigenvalue weighted by molar-refractivity contribution is 0.228. The van der Waals surface area contributed by atoms with E-state index in [9.17, 15) is 0 Å². The second-order valence-electron chi connectivity index (χ2n) is 8.27. The fourth-order valence-corrected chi connectivity index (χ4v) is 4.86. The van der Waals surface area contributed by atoms with Gasteiger partial charge in [0.2, 0.25) is 11.7 Å². The lowest BCUT2D eigenvalue weighted by Gasteiger charge is -2.26. The molecule has 0 radical (unpaired) electrons. The summed E-state index contributed by atoms with van der Waals surface area (Å²) in [7, 11) is 0. The zero-order valence-electron chi connectivity index (χ0n) is 16.5. The van der Waals surface area contributed by atoms with Gasteiger partial charge in [-0.2, -0.15) is 4.98 Å². The Hall–Kier alpha value is -2.67. The highest BCUT2D eigenvalue weighted by atomic mass is 16.5. The van der Waals surface area contributed by atoms with Crippen LogP contribution in [0.1, 0.15) is 55.4 Å². The minimum absolute atomic E-state index is 0.167. The van der Waals surface area contributed by atoms with Crippen LogP contribution in [0.25, 0.3) is 11.5 Å². The van der Waals surface area contributed by atoms with Gasteiger partial charge in [-0.05, 0) is 30.4 Å². The molecule has 2 aliphatic rings. The van der Waals surface area contributed by atoms with Crippen LogP contribution in [0.3, 0.4) is 0 Å². The van der Waals surface area contributed by atoms with Crippen molar-refractivity contribution in [3.63, 3.8) is 0 Å². The Morgan fingerprint density at radius 3 is 2.62 bits per heavy atom. The Bertz CT molecular complexity index is 909. The third-order valence-corrected chi connectivity index (χ3v) is 6.30. The van der Waals surface area contributed by atoms with E-state index in [-0.39, 0.29) is 5.92 Å². The Balaban J connectivity index is 1.39. The molecule has 0 spiro atoms. The van der Waals surface area contributed by atoms with Crippen LogP contribution in [0.4, 0.5) is 0 Å². The lowest BCUT2D eigenvalue weighted by Crippen LogP contribution is -2.28. The number of rotatable bonds is 5. The Labute approximate surface area is 170 Å². The molecule has 1 aliphatic heterocycles. The smallest absolute Gasteiger partial charge is 0.232 e. The van der Waals surface area contributed by atoms with Gasteiger partial charge in [-0.3, -0.25) is 9.97 Å². The molecule has 0 amide bonds. The van der Waals surface area contributed by atoms with Crippen molar-refractivity contribution < 1.29 is 4.52 Å². The molecule has 3 aromatic rings. The number of hydrogen-bond acceptors (Lipinski definition) is 7. The highest BCUT2D eigenvalue weighted by molar-refractivity contribution is 5.45. The van der Waals surface area contributed by atoms with Crippen LogP contribution in [-0.4, -0.2) is 49.6 Å². The Morgan fingerprint density at radius 1 is 0.966 bits per heavy atom. The van der Waals surface area contributed by atoms with Gasteiger partial charge >= 0.3 is 0 Å². The number of likely N-dealkylation sites (tertiary alicyclic amines) is 1. The summed E-state index contributed by atoms with van der Waals surface area (Å²) in [5.74, 6) is 2.48. The lowest BCUT2D eigenvalue weighted by atomic mass is 9.89. The van der Waals surface area contributed by atoms with Gasteiger partial charge in [0, 0.05) is 50.3 Å². The largest absolute Gasteiger partial charge is 0.339 e. The van der Waals surface area contributed by atoms with E-state index in [1.165, 1.54) is 44.2 Å². The van der Waals surface area contributed by atoms with Gasteiger partial charge in [0.1, 0.15) is 5.69 Å². The van der Waals surface area contributed by atoms with Crippen molar-refractivity contribution in [2.45, 2.75) is 43.9 Å². The van der Waals surface area contributed by atoms with E-state index in [1.54, 1.807) is 18.6 Å². The fourth-order valence-electron chi connectivity index (χ4n) is 4.86. The van der Waals surface area contributed by atoms with Gasteiger partial charge in [0.05, 0.1) is 12.1 Å². The van der Waals surface area contributed by atoms with Crippen LogP contribution < -0.4 is 0 Å². The zero-order chi connectivity index (χ0) is 19.5. The molecule has 0 aromatic carbocycles. The van der Waals surface area contributed by atoms with E-state index < -0.39 is 0 Å². The van der Waals surface area contributed by atoms with Crippen molar-refractivity contribution in [1.82, 2.24) is 30.0 Å². The molecule has 7 heteroatoms. The van der Waals surface area contributed by atoms with Crippen LogP contribution >= 0.6 is 0 Å². The molecule has 29 heavy (non-hydrogen) atoms. The van der Waals surface area contributed by atoms with Crippen LogP contribution in [-0.2, 0) is 0 Å². The van der Waals surface area contributed by atoms with Crippen molar-refractivity contribution in [2.24, 2.45) is 5.92 Å². The zero-order valence-corrected chi connectivity index (χ0v) is 16.5. The van der Waals surface area contributed by atoms with E-state index in [1.807, 2.05) is 18.5 Å². The average molecular weight is 390 g/mol. The molecule has 3 aromatic heterocycles. The summed E-state index contributed by atoms with van der Waals surface area (Å²) >= 11 is 0. The monoisotopic (exact) mass is 390 g/mol. The third kappa shape index (κ3) is 4.05. The van der Waals surface area contributed by atoms with Crippen LogP contribution in [0.15, 0.2) is 47.6 Å². The summed E-state index contributed by atoms with van der Waals surface area (Å²) in [6.45, 7) is 3.12. The summed E-state index contributed by atoms with van der Waals surface area (Å²) in [4.78, 5) is 20.0. The molecule has 5 rings (SSSR count). The molecule has 2 fully saturated rings. The van der Waals surface area contributed by atoms with Crippen molar-refractivity contribution >= 4 is 0 Å². The number of pyridine rings is 1. The molecule has 1 saturated carbocycles. The molecule has 4 heterocycles. The van der Waals surface area contributed by atoms with Gasteiger partial charge in [-0.25, -0.2) is 4.98 Å². The molecular formula is C22H26N6O. The van der Waals surface area contributed by atoms with Crippen LogP contribution in [0, 0.1) is 5.92 Å². The van der Waals surface area contributed by atoms with Gasteiger partial charge in [0.15, 0.2) is 0 Å². The molecule has 0 unspecified atom stereocenters. The first-order chi connectivity index (χ1) is 14.4. The maximum absolute atomic E-state index is 5.72. The number of hydrogen-bond donors (Lipinski definition) is 0. The molecule has 7 nitrogen and oxygen atoms in total. The number of nitrogens with zero attached hydrogens (tertiary/aromatic N) is 6. The van der Waals surface area contributed by atoms with Crippen LogP contribution in [0.2, 0.25) is 0 Å². The van der Waals surface area contributed by atoms with Crippen molar-refractivity contribution in [1.29, 1.82) is 0 Å². The summed E-state index contributed by atoms with van der Waals surface area (Å²) in [5, 5.41) is 4.18. The second kappa shape index (κ2) is 8.37. The Kier molecular flexibility index (Phi) is 5.30. The van der Waals surface area contributed by atoms with Crippen molar-refractivity contribution in [3.8, 4) is 11.5 Å². The molecule has 1 saturated heterocycles. The SMILES string of the molecule is c1cncc([C@@H]2CN(CC3CCCCC3)C[C@H]2c2nc(-c3cnccn3)no2)c1. The van der Waals surface area contributed by atoms with Crippen LogP contribution in [0.5, 0.6) is 0 Å². The maximum atomic E-state index is 5.72. The first-order valence-corrected chi connectivity index (χ1v) is 10.6. The highest BCUT2D eigenvalue weighted by Crippen LogP contribution is 2.40. The average Bonchev–Trinajstić information content (AvgIpc) is 3.43. The maximum Gasteiger partial charge on any atom is 0.232 e. The highest BCUT2D eigenvalue weighted by Gasteiger charge is 2.39. The summed E-state index contributed by atoms with van der Waals surface area (Å²) in [5.41, 5.74) is 1.88. The van der Waals surface area contributed by atoms with E-state index in [0.29, 0.717) is 23.3 Å².